The average molecular weight is 282 g/mol. The van der Waals surface area contributed by atoms with Crippen molar-refractivity contribution in [3.05, 3.63) is 53.7 Å². The number of rotatable bonds is 5. The molecule has 0 unspecified atom stereocenters. The van der Waals surface area contributed by atoms with Crippen LogP contribution in [0.3, 0.4) is 0 Å². The molecule has 2 heterocycles. The Morgan fingerprint density at radius 3 is 2.81 bits per heavy atom. The van der Waals surface area contributed by atoms with Gasteiger partial charge in [-0.15, -0.1) is 5.10 Å². The third kappa shape index (κ3) is 3.13. The van der Waals surface area contributed by atoms with Gasteiger partial charge in [0, 0.05) is 5.69 Å². The maximum atomic E-state index is 5.68. The molecule has 3 rings (SSSR count). The van der Waals surface area contributed by atoms with Crippen molar-refractivity contribution < 1.29 is 4.74 Å². The quantitative estimate of drug-likeness (QED) is 0.731. The van der Waals surface area contributed by atoms with E-state index in [0.29, 0.717) is 19.1 Å². The highest BCUT2D eigenvalue weighted by Gasteiger charge is 2.04. The number of anilines is 1. The Labute approximate surface area is 123 Å². The molecule has 0 fully saturated rings. The molecule has 0 aliphatic carbocycles. The highest BCUT2D eigenvalue weighted by molar-refractivity contribution is 5.44. The van der Waals surface area contributed by atoms with Crippen LogP contribution in [0.2, 0.25) is 0 Å². The molecule has 2 aromatic heterocycles. The Kier molecular flexibility index (Phi) is 3.73. The minimum absolute atomic E-state index is 0.567. The molecule has 0 aliphatic heterocycles. The Hall–Kier alpha value is -2.56. The van der Waals surface area contributed by atoms with Crippen molar-refractivity contribution in [2.75, 3.05) is 18.5 Å². The van der Waals surface area contributed by atoms with E-state index in [0.717, 1.165) is 17.1 Å². The van der Waals surface area contributed by atoms with Gasteiger partial charge in [0.2, 0.25) is 5.95 Å². The molecule has 0 saturated heterocycles. The van der Waals surface area contributed by atoms with E-state index >= 15 is 0 Å². The lowest BCUT2D eigenvalue weighted by Gasteiger charge is -2.06. The minimum Gasteiger partial charge on any atom is -0.492 e. The van der Waals surface area contributed by atoms with E-state index in [-0.39, 0.29) is 0 Å². The molecule has 21 heavy (non-hydrogen) atoms. The Balaban J connectivity index is 1.56. The lowest BCUT2D eigenvalue weighted by Crippen LogP contribution is -2.12. The van der Waals surface area contributed by atoms with E-state index in [4.69, 9.17) is 4.74 Å². The maximum Gasteiger partial charge on any atom is 0.243 e. The molecule has 5 nitrogen and oxygen atoms in total. The van der Waals surface area contributed by atoms with E-state index in [2.05, 4.69) is 15.4 Å². The van der Waals surface area contributed by atoms with E-state index in [9.17, 15) is 0 Å². The topological polar surface area (TPSA) is 51.5 Å². The zero-order chi connectivity index (χ0) is 14.7. The SMILES string of the molecule is Cc1cccc(OCCNc2nc3cccc(C)n3n2)c1. The first-order valence-electron chi connectivity index (χ1n) is 6.98. The summed E-state index contributed by atoms with van der Waals surface area (Å²) < 4.78 is 7.50. The number of pyridine rings is 1. The molecule has 1 N–H and O–H groups in total. The lowest BCUT2D eigenvalue weighted by molar-refractivity contribution is 0.332. The number of ether oxygens (including phenoxy) is 1. The van der Waals surface area contributed by atoms with Crippen molar-refractivity contribution in [1.82, 2.24) is 14.6 Å². The van der Waals surface area contributed by atoms with E-state index in [1.165, 1.54) is 5.56 Å². The molecular formula is C16H18N4O. The fraction of sp³-hybridized carbons (Fsp3) is 0.250. The van der Waals surface area contributed by atoms with E-state index < -0.39 is 0 Å². The summed E-state index contributed by atoms with van der Waals surface area (Å²) in [7, 11) is 0. The van der Waals surface area contributed by atoms with Crippen molar-refractivity contribution in [3.63, 3.8) is 0 Å². The summed E-state index contributed by atoms with van der Waals surface area (Å²) in [4.78, 5) is 4.42. The molecule has 0 radical (unpaired) electrons. The number of benzene rings is 1. The Bertz CT molecular complexity index is 751. The summed E-state index contributed by atoms with van der Waals surface area (Å²) in [5.74, 6) is 1.51. The summed E-state index contributed by atoms with van der Waals surface area (Å²) in [6.07, 6.45) is 0. The van der Waals surface area contributed by atoms with Crippen LogP contribution in [-0.4, -0.2) is 27.7 Å². The van der Waals surface area contributed by atoms with Crippen LogP contribution in [0.15, 0.2) is 42.5 Å². The smallest absolute Gasteiger partial charge is 0.243 e. The number of fused-ring (bicyclic) bond motifs is 1. The van der Waals surface area contributed by atoms with Crippen LogP contribution in [0, 0.1) is 13.8 Å². The van der Waals surface area contributed by atoms with Gasteiger partial charge >= 0.3 is 0 Å². The normalized spacial score (nSPS) is 10.8. The number of hydrogen-bond donors (Lipinski definition) is 1. The summed E-state index contributed by atoms with van der Waals surface area (Å²) in [6, 6.07) is 13.9. The zero-order valence-electron chi connectivity index (χ0n) is 12.2. The third-order valence-corrected chi connectivity index (χ3v) is 3.19. The van der Waals surface area contributed by atoms with E-state index in [1.54, 1.807) is 0 Å². The van der Waals surface area contributed by atoms with Crippen LogP contribution in [0.1, 0.15) is 11.3 Å². The van der Waals surface area contributed by atoms with Gasteiger partial charge in [0.15, 0.2) is 5.65 Å². The molecule has 5 heteroatoms. The predicted molar refractivity (Wildman–Crippen MR) is 82.9 cm³/mol. The van der Waals surface area contributed by atoms with Crippen LogP contribution in [0.5, 0.6) is 5.75 Å². The van der Waals surface area contributed by atoms with Crippen LogP contribution in [0.4, 0.5) is 5.95 Å². The first-order chi connectivity index (χ1) is 10.2. The number of aryl methyl sites for hydroxylation is 2. The van der Waals surface area contributed by atoms with Gasteiger partial charge in [-0.3, -0.25) is 0 Å². The number of aromatic nitrogens is 3. The lowest BCUT2D eigenvalue weighted by atomic mass is 10.2. The average Bonchev–Trinajstić information content (AvgIpc) is 2.88. The predicted octanol–water partition coefficient (Wildman–Crippen LogP) is 2.84. The van der Waals surface area contributed by atoms with Gasteiger partial charge in [-0.2, -0.15) is 4.98 Å². The van der Waals surface area contributed by atoms with Gasteiger partial charge in [0.1, 0.15) is 12.4 Å². The van der Waals surface area contributed by atoms with Crippen LogP contribution < -0.4 is 10.1 Å². The molecule has 0 bridgehead atoms. The summed E-state index contributed by atoms with van der Waals surface area (Å²) in [6.45, 7) is 5.28. The largest absolute Gasteiger partial charge is 0.492 e. The summed E-state index contributed by atoms with van der Waals surface area (Å²) >= 11 is 0. The van der Waals surface area contributed by atoms with Gasteiger partial charge in [0.25, 0.3) is 0 Å². The second-order valence-electron chi connectivity index (χ2n) is 4.96. The second-order valence-corrected chi connectivity index (χ2v) is 4.96. The molecule has 0 aliphatic rings. The highest BCUT2D eigenvalue weighted by Crippen LogP contribution is 2.12. The zero-order valence-corrected chi connectivity index (χ0v) is 12.2. The molecule has 0 spiro atoms. The van der Waals surface area contributed by atoms with Gasteiger partial charge in [-0.25, -0.2) is 4.52 Å². The van der Waals surface area contributed by atoms with E-state index in [1.807, 2.05) is 60.8 Å². The molecule has 0 amide bonds. The fourth-order valence-electron chi connectivity index (χ4n) is 2.15. The fourth-order valence-corrected chi connectivity index (χ4v) is 2.15. The highest BCUT2D eigenvalue weighted by atomic mass is 16.5. The molecule has 108 valence electrons. The number of nitrogens with zero attached hydrogens (tertiary/aromatic N) is 3. The van der Waals surface area contributed by atoms with Crippen molar-refractivity contribution >= 4 is 11.6 Å². The Morgan fingerprint density at radius 2 is 2.00 bits per heavy atom. The van der Waals surface area contributed by atoms with Gasteiger partial charge in [0.05, 0.1) is 6.54 Å². The number of nitrogens with one attached hydrogen (secondary N) is 1. The Morgan fingerprint density at radius 1 is 1.14 bits per heavy atom. The second kappa shape index (κ2) is 5.83. The van der Waals surface area contributed by atoms with Crippen LogP contribution in [0.25, 0.3) is 5.65 Å². The monoisotopic (exact) mass is 282 g/mol. The van der Waals surface area contributed by atoms with Crippen molar-refractivity contribution in [3.8, 4) is 5.75 Å². The molecule has 1 aromatic carbocycles. The van der Waals surface area contributed by atoms with Crippen molar-refractivity contribution in [2.45, 2.75) is 13.8 Å². The third-order valence-electron chi connectivity index (χ3n) is 3.19. The summed E-state index contributed by atoms with van der Waals surface area (Å²) in [5.41, 5.74) is 3.10. The molecule has 0 atom stereocenters. The van der Waals surface area contributed by atoms with Gasteiger partial charge < -0.3 is 10.1 Å². The first-order valence-corrected chi connectivity index (χ1v) is 6.98. The summed E-state index contributed by atoms with van der Waals surface area (Å²) in [5, 5.41) is 7.59. The molecule has 0 saturated carbocycles. The van der Waals surface area contributed by atoms with Gasteiger partial charge in [-0.1, -0.05) is 18.2 Å². The van der Waals surface area contributed by atoms with Crippen molar-refractivity contribution in [1.29, 1.82) is 0 Å². The van der Waals surface area contributed by atoms with Crippen LogP contribution in [-0.2, 0) is 0 Å². The minimum atomic E-state index is 0.567. The van der Waals surface area contributed by atoms with Crippen molar-refractivity contribution in [2.24, 2.45) is 0 Å². The standard InChI is InChI=1S/C16H18N4O/c1-12-5-3-7-14(11-12)21-10-9-17-16-18-15-8-4-6-13(2)20(15)19-16/h3-8,11H,9-10H2,1-2H3,(H,17,19). The number of hydrogen-bond acceptors (Lipinski definition) is 4. The maximum absolute atomic E-state index is 5.68. The molecular weight excluding hydrogens is 264 g/mol. The van der Waals surface area contributed by atoms with Crippen LogP contribution >= 0.6 is 0 Å². The molecule has 3 aromatic rings. The first kappa shape index (κ1) is 13.4. The van der Waals surface area contributed by atoms with Gasteiger partial charge in [-0.05, 0) is 43.7 Å².